The fraction of sp³-hybridized carbons (Fsp3) is 0.393. The van der Waals surface area contributed by atoms with Crippen molar-refractivity contribution >= 4 is 28.9 Å². The van der Waals surface area contributed by atoms with E-state index < -0.39 is 5.60 Å². The average Bonchev–Trinajstić information content (AvgIpc) is 3.27. The fourth-order valence-electron chi connectivity index (χ4n) is 4.48. The summed E-state index contributed by atoms with van der Waals surface area (Å²) in [6.07, 6.45) is 3.16. The topological polar surface area (TPSA) is 112 Å². The zero-order valence-electron chi connectivity index (χ0n) is 22.6. The second-order valence-electron chi connectivity index (χ2n) is 10.7. The van der Waals surface area contributed by atoms with E-state index in [4.69, 9.17) is 4.74 Å². The Bertz CT molecular complexity index is 1450. The number of hydrogen-bond acceptors (Lipinski definition) is 8. The predicted octanol–water partition coefficient (Wildman–Crippen LogP) is 4.83. The summed E-state index contributed by atoms with van der Waals surface area (Å²) in [5, 5.41) is 3.30. The molecule has 0 radical (unpaired) electrons. The number of carbonyl (C=O) groups excluding carboxylic acids is 1. The number of aryl methyl sites for hydroxylation is 1. The number of piperazine rings is 1. The van der Waals surface area contributed by atoms with Gasteiger partial charge in [-0.05, 0) is 70.0 Å². The van der Waals surface area contributed by atoms with Crippen molar-refractivity contribution in [3.8, 4) is 11.3 Å². The number of aromatic amines is 1. The van der Waals surface area contributed by atoms with Crippen LogP contribution in [0.15, 0.2) is 42.9 Å². The first kappa shape index (κ1) is 25.6. The molecule has 1 fully saturated rings. The van der Waals surface area contributed by atoms with Crippen LogP contribution < -0.4 is 5.32 Å². The second-order valence-corrected chi connectivity index (χ2v) is 10.7. The molecule has 1 saturated heterocycles. The number of H-pyrrole nitrogens is 1. The number of nitrogens with zero attached hydrogens (tertiary/aromatic N) is 6. The molecule has 0 saturated carbocycles. The molecular weight excluding hydrogens is 480 g/mol. The van der Waals surface area contributed by atoms with E-state index in [-0.39, 0.29) is 6.09 Å². The normalized spacial score (nSPS) is 14.6. The van der Waals surface area contributed by atoms with Crippen LogP contribution in [0.1, 0.15) is 37.6 Å². The van der Waals surface area contributed by atoms with Crippen LogP contribution >= 0.6 is 0 Å². The van der Waals surface area contributed by atoms with Crippen molar-refractivity contribution in [2.24, 2.45) is 0 Å². The van der Waals surface area contributed by atoms with Gasteiger partial charge >= 0.3 is 6.09 Å². The number of hydrogen-bond donors (Lipinski definition) is 2. The number of nitrogens with one attached hydrogen (secondary N) is 2. The van der Waals surface area contributed by atoms with Gasteiger partial charge in [-0.1, -0.05) is 6.07 Å². The van der Waals surface area contributed by atoms with E-state index in [9.17, 15) is 4.79 Å². The Morgan fingerprint density at radius 1 is 1.05 bits per heavy atom. The van der Waals surface area contributed by atoms with Crippen LogP contribution in [0.4, 0.5) is 16.6 Å². The Balaban J connectivity index is 1.23. The molecule has 4 aromatic rings. The molecule has 1 amide bonds. The number of imidazole rings is 1. The Morgan fingerprint density at radius 3 is 2.61 bits per heavy atom. The third kappa shape index (κ3) is 5.91. The van der Waals surface area contributed by atoms with Gasteiger partial charge in [0.1, 0.15) is 17.7 Å². The number of carbonyl (C=O) groups is 1. The molecule has 10 nitrogen and oxygen atoms in total. The summed E-state index contributed by atoms with van der Waals surface area (Å²) in [5.41, 5.74) is 6.41. The van der Waals surface area contributed by atoms with Crippen LogP contribution in [0, 0.1) is 13.8 Å². The van der Waals surface area contributed by atoms with Crippen molar-refractivity contribution in [3.05, 3.63) is 59.7 Å². The van der Waals surface area contributed by atoms with Crippen molar-refractivity contribution in [1.82, 2.24) is 34.7 Å². The van der Waals surface area contributed by atoms with Crippen LogP contribution in [-0.2, 0) is 11.3 Å². The highest BCUT2D eigenvalue weighted by atomic mass is 16.6. The van der Waals surface area contributed by atoms with Crippen LogP contribution in [0.3, 0.4) is 0 Å². The maximum absolute atomic E-state index is 12.3. The van der Waals surface area contributed by atoms with Gasteiger partial charge in [0.2, 0.25) is 5.95 Å². The highest BCUT2D eigenvalue weighted by molar-refractivity contribution is 5.83. The van der Waals surface area contributed by atoms with Crippen molar-refractivity contribution < 1.29 is 9.53 Å². The molecule has 38 heavy (non-hydrogen) atoms. The zero-order valence-corrected chi connectivity index (χ0v) is 22.6. The minimum atomic E-state index is -0.480. The van der Waals surface area contributed by atoms with Gasteiger partial charge in [-0.2, -0.15) is 0 Å². The molecule has 2 N–H and O–H groups in total. The summed E-state index contributed by atoms with van der Waals surface area (Å²) >= 11 is 0. The molecule has 1 aliphatic rings. The van der Waals surface area contributed by atoms with E-state index in [1.54, 1.807) is 17.4 Å². The van der Waals surface area contributed by atoms with Crippen LogP contribution in [-0.4, -0.2) is 72.6 Å². The third-order valence-electron chi connectivity index (χ3n) is 6.59. The molecule has 0 aliphatic carbocycles. The maximum atomic E-state index is 12.3. The van der Waals surface area contributed by atoms with Gasteiger partial charge in [-0.25, -0.2) is 24.7 Å². The zero-order chi connectivity index (χ0) is 26.9. The summed E-state index contributed by atoms with van der Waals surface area (Å²) < 4.78 is 5.50. The Kier molecular flexibility index (Phi) is 6.98. The van der Waals surface area contributed by atoms with Crippen molar-refractivity contribution in [1.29, 1.82) is 0 Å². The van der Waals surface area contributed by atoms with Gasteiger partial charge in [0.05, 0.1) is 16.7 Å². The number of benzene rings is 1. The largest absolute Gasteiger partial charge is 0.444 e. The standard InChI is InChI=1S/C28H34N8O2/c1-18-19(2)30-17-31-25(18)21-6-7-22-23(15-21)33-26(32-22)34-24-14-20(8-9-29-24)16-35-10-12-36(13-11-35)27(37)38-28(3,4)5/h6-9,14-15,17H,10-13,16H2,1-5H3,(H2,29,32,33,34). The predicted molar refractivity (Wildman–Crippen MR) is 147 cm³/mol. The molecule has 4 heterocycles. The number of amides is 1. The lowest BCUT2D eigenvalue weighted by Gasteiger charge is -2.35. The number of fused-ring (bicyclic) bond motifs is 1. The lowest BCUT2D eigenvalue weighted by molar-refractivity contribution is 0.0139. The minimum Gasteiger partial charge on any atom is -0.444 e. The second kappa shape index (κ2) is 10.4. The van der Waals surface area contributed by atoms with Gasteiger partial charge in [0.25, 0.3) is 0 Å². The monoisotopic (exact) mass is 514 g/mol. The lowest BCUT2D eigenvalue weighted by atomic mass is 10.1. The summed E-state index contributed by atoms with van der Waals surface area (Å²) in [6, 6.07) is 10.1. The van der Waals surface area contributed by atoms with Gasteiger partial charge in [0, 0.05) is 50.2 Å². The van der Waals surface area contributed by atoms with Crippen LogP contribution in [0.25, 0.3) is 22.3 Å². The molecular formula is C28H34N8O2. The molecule has 198 valence electrons. The van der Waals surface area contributed by atoms with Gasteiger partial charge in [-0.3, -0.25) is 4.90 Å². The van der Waals surface area contributed by atoms with Gasteiger partial charge < -0.3 is 19.9 Å². The maximum Gasteiger partial charge on any atom is 0.410 e. The minimum absolute atomic E-state index is 0.243. The molecule has 1 aromatic carbocycles. The van der Waals surface area contributed by atoms with Crippen molar-refractivity contribution in [2.45, 2.75) is 46.8 Å². The van der Waals surface area contributed by atoms with Gasteiger partial charge in [0.15, 0.2) is 0 Å². The molecule has 0 unspecified atom stereocenters. The van der Waals surface area contributed by atoms with E-state index in [2.05, 4.69) is 41.2 Å². The van der Waals surface area contributed by atoms with E-state index in [1.807, 2.05) is 58.9 Å². The highest BCUT2D eigenvalue weighted by Crippen LogP contribution is 2.26. The molecule has 5 rings (SSSR count). The number of pyridine rings is 1. The molecule has 3 aromatic heterocycles. The Hall–Kier alpha value is -4.05. The Morgan fingerprint density at radius 2 is 1.84 bits per heavy atom. The molecule has 0 spiro atoms. The SMILES string of the molecule is Cc1ncnc(-c2ccc3nc(Nc4cc(CN5CCN(C(=O)OC(C)(C)C)CC5)ccn4)[nH]c3c2)c1C. The first-order valence-corrected chi connectivity index (χ1v) is 12.9. The molecule has 0 atom stereocenters. The first-order valence-electron chi connectivity index (χ1n) is 12.9. The number of ether oxygens (including phenoxy) is 1. The summed E-state index contributed by atoms with van der Waals surface area (Å²) in [5.74, 6) is 1.35. The number of aromatic nitrogens is 5. The van der Waals surface area contributed by atoms with Crippen molar-refractivity contribution in [3.63, 3.8) is 0 Å². The van der Waals surface area contributed by atoms with E-state index in [0.717, 1.165) is 64.6 Å². The average molecular weight is 515 g/mol. The summed E-state index contributed by atoms with van der Waals surface area (Å²) in [4.78, 5) is 37.7. The summed E-state index contributed by atoms with van der Waals surface area (Å²) in [6.45, 7) is 13.4. The van der Waals surface area contributed by atoms with E-state index in [1.165, 1.54) is 0 Å². The van der Waals surface area contributed by atoms with E-state index >= 15 is 0 Å². The summed E-state index contributed by atoms with van der Waals surface area (Å²) in [7, 11) is 0. The quantitative estimate of drug-likeness (QED) is 0.390. The first-order chi connectivity index (χ1) is 18.1. The lowest BCUT2D eigenvalue weighted by Crippen LogP contribution is -2.49. The number of rotatable bonds is 5. The van der Waals surface area contributed by atoms with E-state index in [0.29, 0.717) is 19.0 Å². The van der Waals surface area contributed by atoms with Crippen molar-refractivity contribution in [2.75, 3.05) is 31.5 Å². The molecule has 10 heteroatoms. The smallest absolute Gasteiger partial charge is 0.410 e. The third-order valence-corrected chi connectivity index (χ3v) is 6.59. The highest BCUT2D eigenvalue weighted by Gasteiger charge is 2.25. The molecule has 1 aliphatic heterocycles. The van der Waals surface area contributed by atoms with Crippen LogP contribution in [0.2, 0.25) is 0 Å². The Labute approximate surface area is 222 Å². The van der Waals surface area contributed by atoms with Gasteiger partial charge in [-0.15, -0.1) is 0 Å². The van der Waals surface area contributed by atoms with Crippen LogP contribution in [0.5, 0.6) is 0 Å². The molecule has 0 bridgehead atoms. The number of anilines is 2. The fourth-order valence-corrected chi connectivity index (χ4v) is 4.48.